The maximum Gasteiger partial charge on any atom is 0.243 e. The number of nitrogens with zero attached hydrogens (tertiary/aromatic N) is 5. The average molecular weight is 406 g/mol. The van der Waals surface area contributed by atoms with E-state index in [9.17, 15) is 0 Å². The normalized spacial score (nSPS) is 11.5. The van der Waals surface area contributed by atoms with Crippen molar-refractivity contribution in [2.24, 2.45) is 5.10 Å². The smallest absolute Gasteiger partial charge is 0.243 e. The first-order valence-electron chi connectivity index (χ1n) is 6.78. The summed E-state index contributed by atoms with van der Waals surface area (Å²) in [6.07, 6.45) is 3.77. The fourth-order valence-electron chi connectivity index (χ4n) is 2.24. The molecule has 0 aliphatic rings. The van der Waals surface area contributed by atoms with E-state index in [0.717, 1.165) is 32.0 Å². The minimum Gasteiger partial charge on any atom is -0.297 e. The molecule has 0 fully saturated rings. The Bertz CT molecular complexity index is 848. The Morgan fingerprint density at radius 3 is 2.59 bits per heavy atom. The van der Waals surface area contributed by atoms with Crippen molar-refractivity contribution >= 4 is 40.4 Å². The highest BCUT2D eigenvalue weighted by Crippen LogP contribution is 2.13. The van der Waals surface area contributed by atoms with Crippen molar-refractivity contribution in [3.05, 3.63) is 50.7 Å². The fourth-order valence-corrected chi connectivity index (χ4v) is 2.70. The van der Waals surface area contributed by atoms with E-state index >= 15 is 0 Å². The predicted octanol–water partition coefficient (Wildman–Crippen LogP) is 3.10. The lowest BCUT2D eigenvalue weighted by molar-refractivity contribution is 1.03. The summed E-state index contributed by atoms with van der Waals surface area (Å²) >= 11 is 2.28. The minimum absolute atomic E-state index is 0.495. The number of fused-ring (bicyclic) bond motifs is 1. The number of aryl methyl sites for hydroxylation is 3. The highest BCUT2D eigenvalue weighted by molar-refractivity contribution is 14.1. The molecule has 0 aromatic carbocycles. The van der Waals surface area contributed by atoms with Crippen LogP contribution in [0.2, 0.25) is 0 Å². The summed E-state index contributed by atoms with van der Waals surface area (Å²) in [5, 5.41) is 4.24. The lowest BCUT2D eigenvalue weighted by Crippen LogP contribution is -2.01. The molecule has 0 aliphatic carbocycles. The summed E-state index contributed by atoms with van der Waals surface area (Å²) in [5.41, 5.74) is 7.46. The third-order valence-corrected chi connectivity index (χ3v) is 3.78. The van der Waals surface area contributed by atoms with Gasteiger partial charge in [0.25, 0.3) is 0 Å². The van der Waals surface area contributed by atoms with Crippen molar-refractivity contribution in [2.75, 3.05) is 5.43 Å². The van der Waals surface area contributed by atoms with E-state index in [1.807, 2.05) is 49.6 Å². The highest BCUT2D eigenvalue weighted by atomic mass is 127. The summed E-state index contributed by atoms with van der Waals surface area (Å²) < 4.78 is 3.16. The third-order valence-electron chi connectivity index (χ3n) is 3.14. The summed E-state index contributed by atoms with van der Waals surface area (Å²) in [6.45, 7) is 5.83. The number of halogens is 1. The highest BCUT2D eigenvalue weighted by Gasteiger charge is 2.06. The average Bonchev–Trinajstić information content (AvgIpc) is 2.74. The second kappa shape index (κ2) is 5.99. The molecule has 0 atom stereocenters. The molecule has 7 heteroatoms. The molecular weight excluding hydrogens is 391 g/mol. The van der Waals surface area contributed by atoms with Crippen LogP contribution in [0.3, 0.4) is 0 Å². The van der Waals surface area contributed by atoms with Crippen LogP contribution in [0.4, 0.5) is 5.95 Å². The Labute approximate surface area is 141 Å². The molecule has 3 rings (SSSR count). The summed E-state index contributed by atoms with van der Waals surface area (Å²) in [6, 6.07) is 5.95. The van der Waals surface area contributed by atoms with Gasteiger partial charge in [-0.25, -0.2) is 20.4 Å². The van der Waals surface area contributed by atoms with E-state index in [1.54, 1.807) is 6.21 Å². The molecule has 0 unspecified atom stereocenters. The minimum atomic E-state index is 0.495. The Morgan fingerprint density at radius 2 is 1.86 bits per heavy atom. The molecule has 3 aromatic heterocycles. The standard InChI is InChI=1S/C15H15IN6/c1-9-6-10(2)19-15(18-9)21-17-7-13-11(3)20-14-5-4-12(16)8-22(13)14/h4-8H,1-3H3,(H,18,19,21). The molecule has 3 aromatic rings. The number of hydrogen-bond acceptors (Lipinski definition) is 5. The lowest BCUT2D eigenvalue weighted by atomic mass is 10.3. The van der Waals surface area contributed by atoms with Crippen molar-refractivity contribution in [3.63, 3.8) is 0 Å². The number of pyridine rings is 1. The van der Waals surface area contributed by atoms with Crippen molar-refractivity contribution < 1.29 is 0 Å². The van der Waals surface area contributed by atoms with E-state index in [-0.39, 0.29) is 0 Å². The second-order valence-electron chi connectivity index (χ2n) is 5.00. The molecule has 1 N–H and O–H groups in total. The number of aromatic nitrogens is 4. The molecule has 0 saturated carbocycles. The van der Waals surface area contributed by atoms with Crippen molar-refractivity contribution in [2.45, 2.75) is 20.8 Å². The number of rotatable bonds is 3. The number of hydrazone groups is 1. The summed E-state index contributed by atoms with van der Waals surface area (Å²) in [5.74, 6) is 0.495. The van der Waals surface area contributed by atoms with Gasteiger partial charge in [-0.3, -0.25) is 4.40 Å². The number of anilines is 1. The molecule has 112 valence electrons. The van der Waals surface area contributed by atoms with Gasteiger partial charge in [0.1, 0.15) is 5.65 Å². The fraction of sp³-hybridized carbons (Fsp3) is 0.200. The van der Waals surface area contributed by atoms with Gasteiger partial charge in [0.05, 0.1) is 17.6 Å². The maximum atomic E-state index is 4.52. The SMILES string of the molecule is Cc1cc(C)nc(NN=Cc2c(C)nc3ccc(I)cn23)n1. The maximum absolute atomic E-state index is 4.52. The van der Waals surface area contributed by atoms with Crippen LogP contribution in [-0.4, -0.2) is 25.6 Å². The molecule has 0 radical (unpaired) electrons. The van der Waals surface area contributed by atoms with E-state index in [4.69, 9.17) is 0 Å². The topological polar surface area (TPSA) is 67.5 Å². The third kappa shape index (κ3) is 3.08. The van der Waals surface area contributed by atoms with Gasteiger partial charge in [-0.05, 0) is 61.6 Å². The van der Waals surface area contributed by atoms with E-state index in [1.165, 1.54) is 0 Å². The zero-order chi connectivity index (χ0) is 15.7. The first kappa shape index (κ1) is 14.9. The van der Waals surface area contributed by atoms with Gasteiger partial charge in [0.15, 0.2) is 0 Å². The lowest BCUT2D eigenvalue weighted by Gasteiger charge is -2.02. The van der Waals surface area contributed by atoms with Crippen LogP contribution in [-0.2, 0) is 0 Å². The molecule has 0 spiro atoms. The van der Waals surface area contributed by atoms with E-state index in [2.05, 4.69) is 48.1 Å². The van der Waals surface area contributed by atoms with Crippen molar-refractivity contribution in [3.8, 4) is 0 Å². The van der Waals surface area contributed by atoms with Gasteiger partial charge in [-0.2, -0.15) is 5.10 Å². The molecule has 0 aliphatic heterocycles. The van der Waals surface area contributed by atoms with Gasteiger partial charge in [0.2, 0.25) is 5.95 Å². The number of hydrogen-bond donors (Lipinski definition) is 1. The Kier molecular flexibility index (Phi) is 4.06. The first-order valence-corrected chi connectivity index (χ1v) is 7.86. The van der Waals surface area contributed by atoms with Crippen LogP contribution in [0.25, 0.3) is 5.65 Å². The van der Waals surface area contributed by atoms with Gasteiger partial charge < -0.3 is 0 Å². The zero-order valence-electron chi connectivity index (χ0n) is 12.5. The molecule has 0 saturated heterocycles. The molecule has 22 heavy (non-hydrogen) atoms. The quantitative estimate of drug-likeness (QED) is 0.413. The summed E-state index contributed by atoms with van der Waals surface area (Å²) in [4.78, 5) is 13.1. The van der Waals surface area contributed by atoms with Crippen LogP contribution < -0.4 is 5.43 Å². The molecule has 6 nitrogen and oxygen atoms in total. The van der Waals surface area contributed by atoms with Crippen LogP contribution in [0.5, 0.6) is 0 Å². The Balaban J connectivity index is 1.89. The molecule has 0 bridgehead atoms. The van der Waals surface area contributed by atoms with Crippen molar-refractivity contribution in [1.29, 1.82) is 0 Å². The van der Waals surface area contributed by atoms with Gasteiger partial charge >= 0.3 is 0 Å². The number of imidazole rings is 1. The Morgan fingerprint density at radius 1 is 1.14 bits per heavy atom. The molecule has 0 amide bonds. The van der Waals surface area contributed by atoms with Crippen LogP contribution >= 0.6 is 22.6 Å². The number of nitrogens with one attached hydrogen (secondary N) is 1. The molecule has 3 heterocycles. The zero-order valence-corrected chi connectivity index (χ0v) is 14.7. The second-order valence-corrected chi connectivity index (χ2v) is 6.25. The van der Waals surface area contributed by atoms with Crippen LogP contribution in [0, 0.1) is 24.3 Å². The largest absolute Gasteiger partial charge is 0.297 e. The first-order chi connectivity index (χ1) is 10.5. The van der Waals surface area contributed by atoms with Crippen LogP contribution in [0.15, 0.2) is 29.5 Å². The van der Waals surface area contributed by atoms with Gasteiger partial charge in [-0.1, -0.05) is 0 Å². The predicted molar refractivity (Wildman–Crippen MR) is 95.4 cm³/mol. The van der Waals surface area contributed by atoms with E-state index in [0.29, 0.717) is 5.95 Å². The summed E-state index contributed by atoms with van der Waals surface area (Å²) in [7, 11) is 0. The van der Waals surface area contributed by atoms with E-state index < -0.39 is 0 Å². The van der Waals surface area contributed by atoms with Crippen LogP contribution in [0.1, 0.15) is 22.8 Å². The van der Waals surface area contributed by atoms with Crippen molar-refractivity contribution in [1.82, 2.24) is 19.4 Å². The van der Waals surface area contributed by atoms with Gasteiger partial charge in [0, 0.05) is 21.2 Å². The monoisotopic (exact) mass is 406 g/mol. The molecular formula is C15H15IN6. The van der Waals surface area contributed by atoms with Gasteiger partial charge in [-0.15, -0.1) is 0 Å². The Hall–Kier alpha value is -2.03.